The highest BCUT2D eigenvalue weighted by molar-refractivity contribution is 7.79. The van der Waals surface area contributed by atoms with Gasteiger partial charge in [0.15, 0.2) is 5.16 Å². The lowest BCUT2D eigenvalue weighted by atomic mass is 10.1. The Morgan fingerprint density at radius 1 is 1.39 bits per heavy atom. The molecule has 8 heteroatoms. The van der Waals surface area contributed by atoms with Gasteiger partial charge in [0, 0.05) is 30.8 Å². The van der Waals surface area contributed by atoms with Gasteiger partial charge in [-0.15, -0.1) is 0 Å². The summed E-state index contributed by atoms with van der Waals surface area (Å²) in [5.74, 6) is 0. The monoisotopic (exact) mass is 373 g/mol. The highest BCUT2D eigenvalue weighted by Gasteiger charge is 2.15. The Hall–Kier alpha value is -0.733. The number of imidazole rings is 1. The van der Waals surface area contributed by atoms with Crippen LogP contribution in [0.4, 0.5) is 0 Å². The minimum absolute atomic E-state index is 0.0164. The number of hydrogen-bond acceptors (Lipinski definition) is 4. The molecule has 0 N–H and O–H groups in total. The van der Waals surface area contributed by atoms with Gasteiger partial charge in [-0.1, -0.05) is 38.2 Å². The van der Waals surface area contributed by atoms with E-state index in [0.717, 1.165) is 18.0 Å². The predicted octanol–water partition coefficient (Wildman–Crippen LogP) is 3.80. The zero-order chi connectivity index (χ0) is 17.2. The molecule has 1 unspecified atom stereocenters. The molecule has 0 saturated heterocycles. The minimum atomic E-state index is -2.42. The van der Waals surface area contributed by atoms with Crippen LogP contribution in [0.1, 0.15) is 12.5 Å². The van der Waals surface area contributed by atoms with Crippen LogP contribution >= 0.6 is 11.6 Å². The molecule has 2 rings (SSSR count). The number of nitrogens with zero attached hydrogens (tertiary/aromatic N) is 2. The lowest BCUT2D eigenvalue weighted by Crippen LogP contribution is -2.22. The van der Waals surface area contributed by atoms with Gasteiger partial charge in [-0.25, -0.2) is 4.98 Å². The fourth-order valence-electron chi connectivity index (χ4n) is 2.22. The van der Waals surface area contributed by atoms with Crippen molar-refractivity contribution < 1.29 is 13.5 Å². The van der Waals surface area contributed by atoms with E-state index in [0.29, 0.717) is 22.7 Å². The van der Waals surface area contributed by atoms with Crippen LogP contribution in [0.15, 0.2) is 17.3 Å². The standard InChI is InChI=1S/C15H23ClN2O3SSi/c1-5-11-8-13-14(9-12(11)16)18(15(17-13)22(19)20)10-21-6-7-23(2,3)4/h8-9H,5-7,10H2,1-4H3,(H,19,20)/p-1. The first-order valence-electron chi connectivity index (χ1n) is 7.58. The second kappa shape index (κ2) is 7.44. The third-order valence-corrected chi connectivity index (χ3v) is 6.29. The number of halogens is 1. The van der Waals surface area contributed by atoms with Gasteiger partial charge in [0.2, 0.25) is 0 Å². The van der Waals surface area contributed by atoms with Gasteiger partial charge < -0.3 is 9.29 Å². The number of rotatable bonds is 7. The fourth-order valence-corrected chi connectivity index (χ4v) is 3.78. The molecule has 2 aromatic rings. The summed E-state index contributed by atoms with van der Waals surface area (Å²) in [6.07, 6.45) is 0.768. The molecule has 1 aromatic heterocycles. The summed E-state index contributed by atoms with van der Waals surface area (Å²) in [5, 5.41) is 0.601. The summed E-state index contributed by atoms with van der Waals surface area (Å²) >= 11 is 3.83. The normalized spacial score (nSPS) is 13.7. The van der Waals surface area contributed by atoms with E-state index in [2.05, 4.69) is 24.6 Å². The highest BCUT2D eigenvalue weighted by Crippen LogP contribution is 2.26. The molecular weight excluding hydrogens is 352 g/mol. The molecule has 0 aliphatic heterocycles. The molecule has 1 heterocycles. The Labute approximate surface area is 145 Å². The van der Waals surface area contributed by atoms with E-state index in [1.807, 2.05) is 13.0 Å². The van der Waals surface area contributed by atoms with Gasteiger partial charge in [0.25, 0.3) is 0 Å². The second-order valence-corrected chi connectivity index (χ2v) is 13.6. The molecule has 1 aromatic carbocycles. The lowest BCUT2D eigenvalue weighted by Gasteiger charge is -2.16. The zero-order valence-electron chi connectivity index (χ0n) is 13.9. The third-order valence-electron chi connectivity index (χ3n) is 3.63. The van der Waals surface area contributed by atoms with E-state index in [9.17, 15) is 8.76 Å². The van der Waals surface area contributed by atoms with Gasteiger partial charge in [0.05, 0.1) is 11.0 Å². The summed E-state index contributed by atoms with van der Waals surface area (Å²) in [6, 6.07) is 4.63. The quantitative estimate of drug-likeness (QED) is 0.420. The Morgan fingerprint density at radius 2 is 2.09 bits per heavy atom. The maximum Gasteiger partial charge on any atom is 0.188 e. The average molecular weight is 374 g/mol. The summed E-state index contributed by atoms with van der Waals surface area (Å²) in [7, 11) is -1.18. The molecule has 0 aliphatic carbocycles. The topological polar surface area (TPSA) is 67.2 Å². The molecule has 0 fully saturated rings. The fraction of sp³-hybridized carbons (Fsp3) is 0.533. The second-order valence-electron chi connectivity index (χ2n) is 6.69. The van der Waals surface area contributed by atoms with Crippen LogP contribution in [0, 0.1) is 0 Å². The number of hydrogen-bond donors (Lipinski definition) is 0. The molecule has 0 amide bonds. The van der Waals surface area contributed by atoms with Crippen LogP contribution in [0.3, 0.4) is 0 Å². The minimum Gasteiger partial charge on any atom is -0.766 e. The van der Waals surface area contributed by atoms with Crippen molar-refractivity contribution in [3.63, 3.8) is 0 Å². The first-order chi connectivity index (χ1) is 10.7. The van der Waals surface area contributed by atoms with Crippen molar-refractivity contribution in [3.8, 4) is 0 Å². The van der Waals surface area contributed by atoms with Crippen molar-refractivity contribution in [1.82, 2.24) is 9.55 Å². The number of aromatic nitrogens is 2. The zero-order valence-corrected chi connectivity index (χ0v) is 16.5. The molecule has 1 atom stereocenters. The van der Waals surface area contributed by atoms with Gasteiger partial charge in [0.1, 0.15) is 6.73 Å². The molecule has 128 valence electrons. The Balaban J connectivity index is 2.30. The van der Waals surface area contributed by atoms with E-state index < -0.39 is 19.2 Å². The SMILES string of the molecule is CCc1cc2nc(S(=O)[O-])n(COCC[Si](C)(C)C)c2cc1Cl. The van der Waals surface area contributed by atoms with Crippen molar-refractivity contribution in [2.45, 2.75) is 50.9 Å². The van der Waals surface area contributed by atoms with E-state index in [4.69, 9.17) is 16.3 Å². The smallest absolute Gasteiger partial charge is 0.188 e. The maximum absolute atomic E-state index is 11.5. The maximum atomic E-state index is 11.5. The van der Waals surface area contributed by atoms with Crippen LogP contribution in [0.25, 0.3) is 11.0 Å². The number of aryl methyl sites for hydroxylation is 1. The van der Waals surface area contributed by atoms with Gasteiger partial charge in [-0.2, -0.15) is 0 Å². The average Bonchev–Trinajstić information content (AvgIpc) is 2.79. The van der Waals surface area contributed by atoms with E-state index in [1.54, 1.807) is 10.6 Å². The Bertz CT molecular complexity index is 728. The molecule has 5 nitrogen and oxygen atoms in total. The van der Waals surface area contributed by atoms with Gasteiger partial charge in [-0.3, -0.25) is 8.78 Å². The molecular formula is C15H22ClN2O3SSi-. The van der Waals surface area contributed by atoms with Crippen molar-refractivity contribution in [3.05, 3.63) is 22.7 Å². The van der Waals surface area contributed by atoms with E-state index in [-0.39, 0.29) is 11.9 Å². The Kier molecular flexibility index (Phi) is 6.02. The number of ether oxygens (including phenoxy) is 1. The van der Waals surface area contributed by atoms with Crippen LogP contribution < -0.4 is 0 Å². The molecule has 0 saturated carbocycles. The van der Waals surface area contributed by atoms with Crippen molar-refractivity contribution >= 4 is 41.8 Å². The van der Waals surface area contributed by atoms with Gasteiger partial charge in [-0.05, 0) is 30.2 Å². The first kappa shape index (κ1) is 18.6. The predicted molar refractivity (Wildman–Crippen MR) is 95.4 cm³/mol. The van der Waals surface area contributed by atoms with Crippen molar-refractivity contribution in [2.75, 3.05) is 6.61 Å². The largest absolute Gasteiger partial charge is 0.766 e. The number of benzene rings is 1. The highest BCUT2D eigenvalue weighted by atomic mass is 35.5. The van der Waals surface area contributed by atoms with E-state index in [1.165, 1.54) is 0 Å². The molecule has 0 bridgehead atoms. The molecule has 0 aliphatic rings. The summed E-state index contributed by atoms with van der Waals surface area (Å²) in [4.78, 5) is 4.21. The molecule has 0 radical (unpaired) electrons. The summed E-state index contributed by atoms with van der Waals surface area (Å²) in [5.41, 5.74) is 2.25. The Morgan fingerprint density at radius 3 is 2.65 bits per heavy atom. The van der Waals surface area contributed by atoms with Crippen LogP contribution in [-0.4, -0.2) is 33.0 Å². The van der Waals surface area contributed by atoms with Crippen molar-refractivity contribution in [2.24, 2.45) is 0 Å². The van der Waals surface area contributed by atoms with Crippen LogP contribution in [0.2, 0.25) is 30.7 Å². The van der Waals surface area contributed by atoms with Gasteiger partial charge >= 0.3 is 0 Å². The van der Waals surface area contributed by atoms with Crippen LogP contribution in [0.5, 0.6) is 0 Å². The lowest BCUT2D eigenvalue weighted by molar-refractivity contribution is 0.0837. The van der Waals surface area contributed by atoms with Crippen LogP contribution in [-0.2, 0) is 29.0 Å². The van der Waals surface area contributed by atoms with Crippen molar-refractivity contribution in [1.29, 1.82) is 0 Å². The molecule has 0 spiro atoms. The first-order valence-corrected chi connectivity index (χ1v) is 12.7. The summed E-state index contributed by atoms with van der Waals surface area (Å²) < 4.78 is 30.2. The van der Waals surface area contributed by atoms with E-state index >= 15 is 0 Å². The molecule has 23 heavy (non-hydrogen) atoms. The number of fused-ring (bicyclic) bond motifs is 1. The third kappa shape index (κ3) is 4.64. The summed E-state index contributed by atoms with van der Waals surface area (Å²) in [6.45, 7) is 9.58.